The van der Waals surface area contributed by atoms with E-state index in [9.17, 15) is 14.9 Å². The predicted octanol–water partition coefficient (Wildman–Crippen LogP) is 2.97. The van der Waals surface area contributed by atoms with Crippen LogP contribution in [0.25, 0.3) is 0 Å². The van der Waals surface area contributed by atoms with Gasteiger partial charge in [-0.1, -0.05) is 18.9 Å². The van der Waals surface area contributed by atoms with Gasteiger partial charge in [0.2, 0.25) is 0 Å². The van der Waals surface area contributed by atoms with E-state index in [2.05, 4.69) is 10.6 Å². The molecule has 0 radical (unpaired) electrons. The number of nitro groups is 1. The Bertz CT molecular complexity index is 496. The standard InChI is InChI=1S/C13H17N3O3/c1-9-6-7-11(8-12(9)16(18)19)15-13(17)14-10-4-2-3-5-10/h6-8,10H,2-5H2,1H3,(H2,14,15,17). The summed E-state index contributed by atoms with van der Waals surface area (Å²) in [6.45, 7) is 1.67. The summed E-state index contributed by atoms with van der Waals surface area (Å²) in [5, 5.41) is 16.3. The van der Waals surface area contributed by atoms with Gasteiger partial charge in [-0.15, -0.1) is 0 Å². The van der Waals surface area contributed by atoms with Crippen molar-refractivity contribution in [1.82, 2.24) is 5.32 Å². The zero-order valence-electron chi connectivity index (χ0n) is 10.8. The van der Waals surface area contributed by atoms with Gasteiger partial charge in [0.15, 0.2) is 0 Å². The van der Waals surface area contributed by atoms with E-state index in [0.29, 0.717) is 11.3 Å². The van der Waals surface area contributed by atoms with Gasteiger partial charge in [0.1, 0.15) is 0 Å². The Morgan fingerprint density at radius 3 is 2.68 bits per heavy atom. The van der Waals surface area contributed by atoms with Crippen molar-refractivity contribution in [2.24, 2.45) is 0 Å². The lowest BCUT2D eigenvalue weighted by Gasteiger charge is -2.13. The molecule has 0 spiro atoms. The molecule has 1 aromatic carbocycles. The minimum atomic E-state index is -0.449. The number of nitrogens with one attached hydrogen (secondary N) is 2. The fraction of sp³-hybridized carbons (Fsp3) is 0.462. The summed E-state index contributed by atoms with van der Waals surface area (Å²) in [6, 6.07) is 4.59. The number of carbonyl (C=O) groups is 1. The first kappa shape index (κ1) is 13.3. The Morgan fingerprint density at radius 1 is 1.37 bits per heavy atom. The highest BCUT2D eigenvalue weighted by Crippen LogP contribution is 2.22. The molecule has 0 bridgehead atoms. The SMILES string of the molecule is Cc1ccc(NC(=O)NC2CCCC2)cc1[N+](=O)[O-]. The van der Waals surface area contributed by atoms with Crippen molar-refractivity contribution in [3.8, 4) is 0 Å². The molecule has 2 rings (SSSR count). The van der Waals surface area contributed by atoms with Crippen LogP contribution < -0.4 is 10.6 Å². The van der Waals surface area contributed by atoms with Crippen molar-refractivity contribution in [2.45, 2.75) is 38.6 Å². The first-order valence-corrected chi connectivity index (χ1v) is 6.39. The predicted molar refractivity (Wildman–Crippen MR) is 72.2 cm³/mol. The number of amides is 2. The van der Waals surface area contributed by atoms with Crippen LogP contribution in [0.3, 0.4) is 0 Å². The third kappa shape index (κ3) is 3.43. The van der Waals surface area contributed by atoms with Crippen molar-refractivity contribution < 1.29 is 9.72 Å². The lowest BCUT2D eigenvalue weighted by atomic mass is 10.2. The normalized spacial score (nSPS) is 15.2. The molecule has 19 heavy (non-hydrogen) atoms. The van der Waals surface area contributed by atoms with Gasteiger partial charge in [0, 0.05) is 23.4 Å². The number of hydrogen-bond acceptors (Lipinski definition) is 3. The van der Waals surface area contributed by atoms with Gasteiger partial charge in [-0.2, -0.15) is 0 Å². The second-order valence-corrected chi connectivity index (χ2v) is 4.84. The summed E-state index contributed by atoms with van der Waals surface area (Å²) in [5.74, 6) is 0. The molecule has 2 N–H and O–H groups in total. The highest BCUT2D eigenvalue weighted by atomic mass is 16.6. The smallest absolute Gasteiger partial charge is 0.319 e. The van der Waals surface area contributed by atoms with Crippen molar-refractivity contribution in [3.63, 3.8) is 0 Å². The molecular formula is C13H17N3O3. The van der Waals surface area contributed by atoms with Crippen LogP contribution in [-0.4, -0.2) is 17.0 Å². The average molecular weight is 263 g/mol. The molecule has 6 heteroatoms. The molecule has 0 heterocycles. The summed E-state index contributed by atoms with van der Waals surface area (Å²) >= 11 is 0. The zero-order valence-corrected chi connectivity index (χ0v) is 10.8. The van der Waals surface area contributed by atoms with E-state index in [0.717, 1.165) is 25.7 Å². The van der Waals surface area contributed by atoms with Gasteiger partial charge in [0.05, 0.1) is 4.92 Å². The summed E-state index contributed by atoms with van der Waals surface area (Å²) in [5.41, 5.74) is 1.03. The second kappa shape index (κ2) is 5.69. The maximum Gasteiger partial charge on any atom is 0.319 e. The molecule has 2 amide bonds. The minimum absolute atomic E-state index is 0.0127. The number of aryl methyl sites for hydroxylation is 1. The van der Waals surface area contributed by atoms with E-state index in [1.165, 1.54) is 6.07 Å². The topological polar surface area (TPSA) is 84.3 Å². The van der Waals surface area contributed by atoms with Crippen LogP contribution in [0.15, 0.2) is 18.2 Å². The van der Waals surface area contributed by atoms with Crippen molar-refractivity contribution >= 4 is 17.4 Å². The Morgan fingerprint density at radius 2 is 2.05 bits per heavy atom. The van der Waals surface area contributed by atoms with Crippen LogP contribution in [0.2, 0.25) is 0 Å². The van der Waals surface area contributed by atoms with E-state index in [4.69, 9.17) is 0 Å². The van der Waals surface area contributed by atoms with Crippen molar-refractivity contribution in [3.05, 3.63) is 33.9 Å². The Kier molecular flexibility index (Phi) is 3.99. The molecule has 1 aliphatic carbocycles. The summed E-state index contributed by atoms with van der Waals surface area (Å²) < 4.78 is 0. The summed E-state index contributed by atoms with van der Waals surface area (Å²) in [4.78, 5) is 22.1. The lowest BCUT2D eigenvalue weighted by Crippen LogP contribution is -2.36. The zero-order chi connectivity index (χ0) is 13.8. The number of rotatable bonds is 3. The van der Waals surface area contributed by atoms with Crippen molar-refractivity contribution in [2.75, 3.05) is 5.32 Å². The molecule has 1 fully saturated rings. The first-order chi connectivity index (χ1) is 9.06. The number of urea groups is 1. The maximum absolute atomic E-state index is 11.7. The van der Waals surface area contributed by atoms with Crippen LogP contribution >= 0.6 is 0 Å². The number of nitrogens with zero attached hydrogens (tertiary/aromatic N) is 1. The molecular weight excluding hydrogens is 246 g/mol. The van der Waals surface area contributed by atoms with Gasteiger partial charge in [-0.3, -0.25) is 10.1 Å². The van der Waals surface area contributed by atoms with E-state index in [1.54, 1.807) is 19.1 Å². The van der Waals surface area contributed by atoms with Crippen LogP contribution in [0.1, 0.15) is 31.2 Å². The largest absolute Gasteiger partial charge is 0.335 e. The number of carbonyl (C=O) groups excluding carboxylic acids is 1. The molecule has 0 saturated heterocycles. The first-order valence-electron chi connectivity index (χ1n) is 6.39. The molecule has 0 atom stereocenters. The third-order valence-corrected chi connectivity index (χ3v) is 3.35. The van der Waals surface area contributed by atoms with E-state index >= 15 is 0 Å². The van der Waals surface area contributed by atoms with Gasteiger partial charge < -0.3 is 10.6 Å². The molecule has 1 aliphatic rings. The number of anilines is 1. The number of nitro benzene ring substituents is 1. The fourth-order valence-corrected chi connectivity index (χ4v) is 2.31. The van der Waals surface area contributed by atoms with E-state index in [-0.39, 0.29) is 17.8 Å². The molecule has 1 aromatic rings. The van der Waals surface area contributed by atoms with E-state index in [1.807, 2.05) is 0 Å². The minimum Gasteiger partial charge on any atom is -0.335 e. The van der Waals surface area contributed by atoms with Gasteiger partial charge in [-0.25, -0.2) is 4.79 Å². The molecule has 0 aliphatic heterocycles. The molecule has 102 valence electrons. The third-order valence-electron chi connectivity index (χ3n) is 3.35. The Hall–Kier alpha value is -2.11. The molecule has 0 unspecified atom stereocenters. The highest BCUT2D eigenvalue weighted by molar-refractivity contribution is 5.89. The number of hydrogen-bond donors (Lipinski definition) is 2. The van der Waals surface area contributed by atoms with Gasteiger partial charge in [0.25, 0.3) is 5.69 Å². The number of benzene rings is 1. The fourth-order valence-electron chi connectivity index (χ4n) is 2.31. The van der Waals surface area contributed by atoms with Crippen molar-refractivity contribution in [1.29, 1.82) is 0 Å². The van der Waals surface area contributed by atoms with E-state index < -0.39 is 4.92 Å². The van der Waals surface area contributed by atoms with Crippen LogP contribution in [0.5, 0.6) is 0 Å². The maximum atomic E-state index is 11.7. The molecule has 0 aromatic heterocycles. The monoisotopic (exact) mass is 263 g/mol. The van der Waals surface area contributed by atoms with Gasteiger partial charge in [-0.05, 0) is 25.8 Å². The second-order valence-electron chi connectivity index (χ2n) is 4.84. The average Bonchev–Trinajstić information content (AvgIpc) is 2.84. The highest BCUT2D eigenvalue weighted by Gasteiger charge is 2.18. The Balaban J connectivity index is 2.00. The summed E-state index contributed by atoms with van der Waals surface area (Å²) in [6.07, 6.45) is 4.28. The quantitative estimate of drug-likeness (QED) is 0.649. The van der Waals surface area contributed by atoms with Crippen LogP contribution in [0.4, 0.5) is 16.2 Å². The summed E-state index contributed by atoms with van der Waals surface area (Å²) in [7, 11) is 0. The molecule has 1 saturated carbocycles. The Labute approximate surface area is 111 Å². The van der Waals surface area contributed by atoms with Crippen LogP contribution in [-0.2, 0) is 0 Å². The lowest BCUT2D eigenvalue weighted by molar-refractivity contribution is -0.385. The molecule has 6 nitrogen and oxygen atoms in total. The van der Waals surface area contributed by atoms with Crippen LogP contribution in [0, 0.1) is 17.0 Å². The van der Waals surface area contributed by atoms with Gasteiger partial charge >= 0.3 is 6.03 Å².